The summed E-state index contributed by atoms with van der Waals surface area (Å²) in [6.07, 6.45) is -0.103. The van der Waals surface area contributed by atoms with Crippen molar-refractivity contribution in [1.29, 1.82) is 0 Å². The van der Waals surface area contributed by atoms with E-state index in [0.717, 1.165) is 16.6 Å². The molecule has 1 aromatic carbocycles. The van der Waals surface area contributed by atoms with Crippen molar-refractivity contribution in [2.75, 3.05) is 19.7 Å². The van der Waals surface area contributed by atoms with Gasteiger partial charge >= 0.3 is 0 Å². The number of nitro groups is 1. The molecule has 1 N–H and O–H groups in total. The van der Waals surface area contributed by atoms with E-state index in [4.69, 9.17) is 4.74 Å². The molecular formula is C13H17BrN2O4. The smallest absolute Gasteiger partial charge is 0.270 e. The molecule has 1 aliphatic rings. The average molecular weight is 345 g/mol. The van der Waals surface area contributed by atoms with Gasteiger partial charge in [0.25, 0.3) is 5.69 Å². The van der Waals surface area contributed by atoms with Crippen LogP contribution in [0.15, 0.2) is 22.7 Å². The van der Waals surface area contributed by atoms with Crippen LogP contribution in [0, 0.1) is 10.1 Å². The van der Waals surface area contributed by atoms with E-state index in [-0.39, 0.29) is 24.5 Å². The summed E-state index contributed by atoms with van der Waals surface area (Å²) in [5.74, 6) is 0. The molecular weight excluding hydrogens is 328 g/mol. The standard InChI is InChI=1S/C13H17BrN2O4/c1-9-5-15(7-12(8-17)20-9)6-10-2-3-11(16(18)19)4-13(10)14/h2-4,9,12,17H,5-8H2,1H3. The molecule has 2 unspecified atom stereocenters. The molecule has 20 heavy (non-hydrogen) atoms. The molecule has 0 spiro atoms. The van der Waals surface area contributed by atoms with Gasteiger partial charge in [-0.05, 0) is 18.6 Å². The van der Waals surface area contributed by atoms with Crippen LogP contribution < -0.4 is 0 Å². The minimum atomic E-state index is -0.410. The lowest BCUT2D eigenvalue weighted by Gasteiger charge is -2.36. The first-order valence-electron chi connectivity index (χ1n) is 6.41. The SMILES string of the molecule is CC1CN(Cc2ccc([N+](=O)[O-])cc2Br)CC(CO)O1. The molecule has 110 valence electrons. The monoisotopic (exact) mass is 344 g/mol. The van der Waals surface area contributed by atoms with Crippen molar-refractivity contribution >= 4 is 21.6 Å². The Bertz CT molecular complexity index is 497. The third kappa shape index (κ3) is 3.76. The number of nitrogens with zero attached hydrogens (tertiary/aromatic N) is 2. The zero-order chi connectivity index (χ0) is 14.7. The van der Waals surface area contributed by atoms with Crippen molar-refractivity contribution in [3.8, 4) is 0 Å². The Balaban J connectivity index is 2.07. The summed E-state index contributed by atoms with van der Waals surface area (Å²) in [5, 5.41) is 19.9. The summed E-state index contributed by atoms with van der Waals surface area (Å²) in [5.41, 5.74) is 1.06. The van der Waals surface area contributed by atoms with E-state index in [1.807, 2.05) is 6.92 Å². The molecule has 7 heteroatoms. The van der Waals surface area contributed by atoms with E-state index >= 15 is 0 Å². The van der Waals surface area contributed by atoms with Crippen molar-refractivity contribution in [3.63, 3.8) is 0 Å². The average Bonchev–Trinajstić information content (AvgIpc) is 2.40. The third-order valence-electron chi connectivity index (χ3n) is 3.25. The number of non-ortho nitro benzene ring substituents is 1. The van der Waals surface area contributed by atoms with Gasteiger partial charge in [-0.2, -0.15) is 0 Å². The summed E-state index contributed by atoms with van der Waals surface area (Å²) in [6.45, 7) is 4.08. The van der Waals surface area contributed by atoms with Gasteiger partial charge in [0, 0.05) is 36.2 Å². The number of ether oxygens (including phenoxy) is 1. The molecule has 1 aromatic rings. The van der Waals surface area contributed by atoms with Crippen LogP contribution in [0.2, 0.25) is 0 Å². The number of hydrogen-bond donors (Lipinski definition) is 1. The number of morpholine rings is 1. The molecule has 0 aliphatic carbocycles. The van der Waals surface area contributed by atoms with Gasteiger partial charge in [-0.25, -0.2) is 0 Å². The second kappa shape index (κ2) is 6.62. The van der Waals surface area contributed by atoms with E-state index in [1.165, 1.54) is 12.1 Å². The van der Waals surface area contributed by atoms with Gasteiger partial charge in [0.05, 0.1) is 23.7 Å². The lowest BCUT2D eigenvalue weighted by Crippen LogP contribution is -2.47. The van der Waals surface area contributed by atoms with Gasteiger partial charge in [-0.15, -0.1) is 0 Å². The Hall–Kier alpha value is -1.02. The lowest BCUT2D eigenvalue weighted by atomic mass is 10.1. The number of halogens is 1. The normalized spacial score (nSPS) is 23.8. The molecule has 1 saturated heterocycles. The van der Waals surface area contributed by atoms with Crippen molar-refractivity contribution in [1.82, 2.24) is 4.90 Å². The topological polar surface area (TPSA) is 75.8 Å². The van der Waals surface area contributed by atoms with Crippen LogP contribution in [0.4, 0.5) is 5.69 Å². The maximum atomic E-state index is 10.7. The molecule has 2 rings (SSSR count). The fraction of sp³-hybridized carbons (Fsp3) is 0.538. The summed E-state index contributed by atoms with van der Waals surface area (Å²) < 4.78 is 6.32. The van der Waals surface area contributed by atoms with Gasteiger partial charge in [0.15, 0.2) is 0 Å². The van der Waals surface area contributed by atoms with Gasteiger partial charge in [-0.3, -0.25) is 15.0 Å². The number of nitro benzene ring substituents is 1. The number of aliphatic hydroxyl groups is 1. The highest BCUT2D eigenvalue weighted by molar-refractivity contribution is 9.10. The Morgan fingerprint density at radius 2 is 2.30 bits per heavy atom. The van der Waals surface area contributed by atoms with E-state index in [1.54, 1.807) is 6.07 Å². The quantitative estimate of drug-likeness (QED) is 0.667. The van der Waals surface area contributed by atoms with Gasteiger partial charge < -0.3 is 9.84 Å². The number of hydrogen-bond acceptors (Lipinski definition) is 5. The van der Waals surface area contributed by atoms with Crippen molar-refractivity contribution in [2.45, 2.75) is 25.7 Å². The van der Waals surface area contributed by atoms with E-state index in [0.29, 0.717) is 13.1 Å². The second-order valence-electron chi connectivity index (χ2n) is 4.98. The van der Waals surface area contributed by atoms with Crippen LogP contribution in [0.3, 0.4) is 0 Å². The lowest BCUT2D eigenvalue weighted by molar-refractivity contribution is -0.384. The Morgan fingerprint density at radius 1 is 1.55 bits per heavy atom. The molecule has 0 aromatic heterocycles. The van der Waals surface area contributed by atoms with E-state index < -0.39 is 4.92 Å². The van der Waals surface area contributed by atoms with Gasteiger partial charge in [0.2, 0.25) is 0 Å². The van der Waals surface area contributed by atoms with E-state index in [9.17, 15) is 15.2 Å². The molecule has 0 radical (unpaired) electrons. The zero-order valence-corrected chi connectivity index (χ0v) is 12.7. The van der Waals surface area contributed by atoms with Crippen LogP contribution in [0.1, 0.15) is 12.5 Å². The highest BCUT2D eigenvalue weighted by atomic mass is 79.9. The largest absolute Gasteiger partial charge is 0.394 e. The molecule has 1 heterocycles. The minimum Gasteiger partial charge on any atom is -0.394 e. The van der Waals surface area contributed by atoms with Crippen molar-refractivity contribution in [3.05, 3.63) is 38.3 Å². The number of aliphatic hydroxyl groups excluding tert-OH is 1. The third-order valence-corrected chi connectivity index (χ3v) is 3.99. The highest BCUT2D eigenvalue weighted by Gasteiger charge is 2.25. The minimum absolute atomic E-state index is 0.00225. The summed E-state index contributed by atoms with van der Waals surface area (Å²) >= 11 is 3.38. The van der Waals surface area contributed by atoms with E-state index in [2.05, 4.69) is 20.8 Å². The molecule has 2 atom stereocenters. The molecule has 0 bridgehead atoms. The maximum absolute atomic E-state index is 10.7. The van der Waals surface area contributed by atoms with Crippen LogP contribution in [0.5, 0.6) is 0 Å². The van der Waals surface area contributed by atoms with Crippen LogP contribution in [-0.4, -0.2) is 46.8 Å². The fourth-order valence-corrected chi connectivity index (χ4v) is 2.88. The van der Waals surface area contributed by atoms with Crippen molar-refractivity contribution < 1.29 is 14.8 Å². The predicted molar refractivity (Wildman–Crippen MR) is 77.5 cm³/mol. The highest BCUT2D eigenvalue weighted by Crippen LogP contribution is 2.25. The fourth-order valence-electron chi connectivity index (χ4n) is 2.39. The van der Waals surface area contributed by atoms with Gasteiger partial charge in [-0.1, -0.05) is 15.9 Å². The first kappa shape index (κ1) is 15.4. The first-order valence-corrected chi connectivity index (χ1v) is 7.20. The molecule has 6 nitrogen and oxygen atoms in total. The Morgan fingerprint density at radius 3 is 2.90 bits per heavy atom. The maximum Gasteiger partial charge on any atom is 0.270 e. The van der Waals surface area contributed by atoms with Crippen LogP contribution in [-0.2, 0) is 11.3 Å². The second-order valence-corrected chi connectivity index (χ2v) is 5.83. The molecule has 0 saturated carbocycles. The number of rotatable bonds is 4. The molecule has 1 fully saturated rings. The van der Waals surface area contributed by atoms with Crippen LogP contribution >= 0.6 is 15.9 Å². The summed E-state index contributed by atoms with van der Waals surface area (Å²) in [7, 11) is 0. The Labute approximate surface area is 125 Å². The van der Waals surface area contributed by atoms with Crippen molar-refractivity contribution in [2.24, 2.45) is 0 Å². The molecule has 1 aliphatic heterocycles. The summed E-state index contributed by atoms with van der Waals surface area (Å²) in [4.78, 5) is 12.5. The predicted octanol–water partition coefficient (Wildman–Crippen LogP) is 1.94. The molecule has 0 amide bonds. The van der Waals surface area contributed by atoms with Crippen LogP contribution in [0.25, 0.3) is 0 Å². The zero-order valence-electron chi connectivity index (χ0n) is 11.2. The van der Waals surface area contributed by atoms with Gasteiger partial charge in [0.1, 0.15) is 0 Å². The Kier molecular flexibility index (Phi) is 5.09. The summed E-state index contributed by atoms with van der Waals surface area (Å²) in [6, 6.07) is 4.78. The first-order chi connectivity index (χ1) is 9.49. The number of benzene rings is 1.